The first-order valence-corrected chi connectivity index (χ1v) is 10.6. The Hall–Kier alpha value is -2.17. The Morgan fingerprint density at radius 2 is 2.22 bits per heavy atom. The molecule has 1 aliphatic carbocycles. The van der Waals surface area contributed by atoms with Gasteiger partial charge in [0.05, 0.1) is 22.4 Å². The molecule has 2 heterocycles. The summed E-state index contributed by atoms with van der Waals surface area (Å²) in [6.45, 7) is 3.96. The Labute approximate surface area is 164 Å². The number of para-hydroxylation sites is 1. The number of aryl methyl sites for hydroxylation is 1. The number of nitrogens with zero attached hydrogens (tertiary/aromatic N) is 3. The smallest absolute Gasteiger partial charge is 0.267 e. The van der Waals surface area contributed by atoms with Gasteiger partial charge < -0.3 is 0 Å². The number of benzene rings is 1. The average Bonchev–Trinajstić information content (AvgIpc) is 3.00. The van der Waals surface area contributed by atoms with E-state index >= 15 is 0 Å². The van der Waals surface area contributed by atoms with Crippen molar-refractivity contribution in [1.82, 2.24) is 9.55 Å². The third kappa shape index (κ3) is 3.17. The van der Waals surface area contributed by atoms with Crippen LogP contribution in [-0.4, -0.2) is 14.8 Å². The van der Waals surface area contributed by atoms with Gasteiger partial charge in [-0.05, 0) is 49.8 Å². The first-order valence-electron chi connectivity index (χ1n) is 8.88. The Kier molecular flexibility index (Phi) is 4.79. The van der Waals surface area contributed by atoms with E-state index in [1.54, 1.807) is 36.5 Å². The molecule has 0 N–H and O–H groups in total. The second-order valence-electron chi connectivity index (χ2n) is 6.91. The number of halogens is 1. The van der Waals surface area contributed by atoms with E-state index in [0.29, 0.717) is 21.3 Å². The van der Waals surface area contributed by atoms with Gasteiger partial charge in [0.1, 0.15) is 10.6 Å². The van der Waals surface area contributed by atoms with Gasteiger partial charge in [0.25, 0.3) is 5.56 Å². The molecule has 0 fully saturated rings. The molecule has 1 aliphatic rings. The molecule has 0 saturated heterocycles. The fourth-order valence-corrected chi connectivity index (χ4v) is 5.71. The van der Waals surface area contributed by atoms with Crippen molar-refractivity contribution in [2.45, 2.75) is 43.5 Å². The minimum atomic E-state index is -0.482. The largest absolute Gasteiger partial charge is 0.268 e. The van der Waals surface area contributed by atoms with E-state index in [1.165, 1.54) is 27.3 Å². The third-order valence-electron chi connectivity index (χ3n) is 4.86. The van der Waals surface area contributed by atoms with Crippen molar-refractivity contribution >= 4 is 33.3 Å². The van der Waals surface area contributed by atoms with Crippen LogP contribution in [0.2, 0.25) is 0 Å². The number of hydrogen-bond acceptors (Lipinski definition) is 5. The number of aromatic nitrogens is 2. The monoisotopic (exact) mass is 399 g/mol. The SMILES string of the molecule is C[C@H]1CCc2c(sc3nc(S[C@@H](C)C#N)n(-c4ccccc4F)c(=O)c23)C1. The van der Waals surface area contributed by atoms with Gasteiger partial charge in [0.15, 0.2) is 5.16 Å². The van der Waals surface area contributed by atoms with Gasteiger partial charge in [-0.1, -0.05) is 30.8 Å². The lowest BCUT2D eigenvalue weighted by atomic mass is 9.89. The highest BCUT2D eigenvalue weighted by atomic mass is 32.2. The van der Waals surface area contributed by atoms with Crippen molar-refractivity contribution in [2.75, 3.05) is 0 Å². The molecule has 7 heteroatoms. The predicted octanol–water partition coefficient (Wildman–Crippen LogP) is 4.72. The molecule has 0 unspecified atom stereocenters. The van der Waals surface area contributed by atoms with Crippen molar-refractivity contribution in [3.8, 4) is 11.8 Å². The van der Waals surface area contributed by atoms with Crippen molar-refractivity contribution in [3.05, 3.63) is 50.9 Å². The molecule has 4 nitrogen and oxygen atoms in total. The molecular weight excluding hydrogens is 381 g/mol. The number of nitriles is 1. The number of thioether (sulfide) groups is 1. The van der Waals surface area contributed by atoms with Gasteiger partial charge in [0, 0.05) is 4.88 Å². The van der Waals surface area contributed by atoms with Gasteiger partial charge in [0.2, 0.25) is 0 Å². The Balaban J connectivity index is 2.03. The quantitative estimate of drug-likeness (QED) is 0.472. The molecule has 0 aliphatic heterocycles. The second kappa shape index (κ2) is 7.10. The second-order valence-corrected chi connectivity index (χ2v) is 9.30. The summed E-state index contributed by atoms with van der Waals surface area (Å²) in [5, 5.41) is 9.77. The first-order chi connectivity index (χ1) is 13.0. The molecule has 1 aromatic carbocycles. The van der Waals surface area contributed by atoms with Gasteiger partial charge in [-0.25, -0.2) is 9.37 Å². The zero-order valence-electron chi connectivity index (χ0n) is 15.0. The molecule has 0 bridgehead atoms. The number of fused-ring (bicyclic) bond motifs is 3. The lowest BCUT2D eigenvalue weighted by Crippen LogP contribution is -2.24. The molecule has 27 heavy (non-hydrogen) atoms. The first kappa shape index (κ1) is 18.2. The van der Waals surface area contributed by atoms with E-state index < -0.39 is 11.1 Å². The van der Waals surface area contributed by atoms with E-state index in [2.05, 4.69) is 13.0 Å². The Bertz CT molecular complexity index is 1130. The summed E-state index contributed by atoms with van der Waals surface area (Å²) in [6, 6.07) is 8.34. The van der Waals surface area contributed by atoms with Gasteiger partial charge >= 0.3 is 0 Å². The van der Waals surface area contributed by atoms with Crippen molar-refractivity contribution in [3.63, 3.8) is 0 Å². The number of rotatable bonds is 3. The van der Waals surface area contributed by atoms with Crippen LogP contribution in [0.4, 0.5) is 4.39 Å². The van der Waals surface area contributed by atoms with Crippen LogP contribution in [-0.2, 0) is 12.8 Å². The van der Waals surface area contributed by atoms with E-state index in [1.807, 2.05) is 0 Å². The summed E-state index contributed by atoms with van der Waals surface area (Å²) >= 11 is 2.74. The van der Waals surface area contributed by atoms with Crippen molar-refractivity contribution in [1.29, 1.82) is 5.26 Å². The van der Waals surface area contributed by atoms with Crippen LogP contribution < -0.4 is 5.56 Å². The predicted molar refractivity (Wildman–Crippen MR) is 107 cm³/mol. The minimum Gasteiger partial charge on any atom is -0.268 e. The lowest BCUT2D eigenvalue weighted by Gasteiger charge is -2.18. The summed E-state index contributed by atoms with van der Waals surface area (Å²) in [6.07, 6.45) is 2.85. The van der Waals surface area contributed by atoms with Crippen molar-refractivity contribution in [2.24, 2.45) is 5.92 Å². The Morgan fingerprint density at radius 1 is 1.44 bits per heavy atom. The molecule has 0 spiro atoms. The molecule has 2 aromatic heterocycles. The molecule has 0 saturated carbocycles. The van der Waals surface area contributed by atoms with Crippen LogP contribution in [0.25, 0.3) is 15.9 Å². The topological polar surface area (TPSA) is 58.7 Å². The maximum Gasteiger partial charge on any atom is 0.267 e. The summed E-state index contributed by atoms with van der Waals surface area (Å²) in [5.74, 6) is 0.108. The maximum absolute atomic E-state index is 14.5. The van der Waals surface area contributed by atoms with E-state index in [9.17, 15) is 14.4 Å². The van der Waals surface area contributed by atoms with Crippen LogP contribution >= 0.6 is 23.1 Å². The Morgan fingerprint density at radius 3 is 2.96 bits per heavy atom. The highest BCUT2D eigenvalue weighted by Gasteiger charge is 2.26. The third-order valence-corrected chi connectivity index (χ3v) is 6.95. The maximum atomic E-state index is 14.5. The lowest BCUT2D eigenvalue weighted by molar-refractivity contribution is 0.509. The average molecular weight is 400 g/mol. The van der Waals surface area contributed by atoms with Crippen LogP contribution in [0, 0.1) is 23.1 Å². The van der Waals surface area contributed by atoms with Gasteiger partial charge in [-0.15, -0.1) is 11.3 Å². The van der Waals surface area contributed by atoms with E-state index in [-0.39, 0.29) is 11.2 Å². The highest BCUT2D eigenvalue weighted by Crippen LogP contribution is 2.37. The standard InChI is InChI=1S/C20H18FN3OS2/c1-11-7-8-13-16(9-11)27-18-17(13)19(25)24(15-6-4-3-5-14(15)21)20(23-18)26-12(2)10-22/h3-6,11-12H,7-9H2,1-2H3/t11-,12-/m0/s1. The fourth-order valence-electron chi connectivity index (χ4n) is 3.48. The zero-order chi connectivity index (χ0) is 19.1. The summed E-state index contributed by atoms with van der Waals surface area (Å²) in [4.78, 5) is 20.1. The normalized spacial score (nSPS) is 17.5. The van der Waals surface area contributed by atoms with Crippen molar-refractivity contribution < 1.29 is 4.39 Å². The summed E-state index contributed by atoms with van der Waals surface area (Å²) in [5.41, 5.74) is 0.999. The van der Waals surface area contributed by atoms with Gasteiger partial charge in [-0.3, -0.25) is 9.36 Å². The fraction of sp³-hybridized carbons (Fsp3) is 0.350. The summed E-state index contributed by atoms with van der Waals surface area (Å²) < 4.78 is 15.8. The van der Waals surface area contributed by atoms with Crippen LogP contribution in [0.5, 0.6) is 0 Å². The van der Waals surface area contributed by atoms with E-state index in [4.69, 9.17) is 4.98 Å². The molecule has 3 aromatic rings. The minimum absolute atomic E-state index is 0.175. The molecule has 4 rings (SSSR count). The van der Waals surface area contributed by atoms with Gasteiger partial charge in [-0.2, -0.15) is 5.26 Å². The number of hydrogen-bond donors (Lipinski definition) is 0. The molecule has 0 radical (unpaired) electrons. The number of thiophene rings is 1. The highest BCUT2D eigenvalue weighted by molar-refractivity contribution is 8.00. The molecule has 2 atom stereocenters. The molecule has 0 amide bonds. The van der Waals surface area contributed by atoms with E-state index in [0.717, 1.165) is 24.8 Å². The summed E-state index contributed by atoms with van der Waals surface area (Å²) in [7, 11) is 0. The molecular formula is C20H18FN3OS2. The van der Waals surface area contributed by atoms with Crippen LogP contribution in [0.3, 0.4) is 0 Å². The zero-order valence-corrected chi connectivity index (χ0v) is 16.7. The van der Waals surface area contributed by atoms with Crippen LogP contribution in [0.15, 0.2) is 34.2 Å². The van der Waals surface area contributed by atoms with Crippen LogP contribution in [0.1, 0.15) is 30.7 Å². The molecule has 138 valence electrons.